The van der Waals surface area contributed by atoms with Crippen molar-refractivity contribution in [2.45, 2.75) is 12.8 Å². The Morgan fingerprint density at radius 2 is 2.25 bits per heavy atom. The van der Waals surface area contributed by atoms with Crippen molar-refractivity contribution in [1.82, 2.24) is 0 Å². The van der Waals surface area contributed by atoms with Gasteiger partial charge in [-0.05, 0) is 12.0 Å². The molecule has 1 heterocycles. The average molecular weight is 285 g/mol. The molecule has 0 atom stereocenters. The van der Waals surface area contributed by atoms with Gasteiger partial charge in [0.15, 0.2) is 0 Å². The number of nitrogens with zero attached hydrogens (tertiary/aromatic N) is 1. The first-order valence-corrected chi connectivity index (χ1v) is 6.05. The number of hydrogen-bond acceptors (Lipinski definition) is 4. The van der Waals surface area contributed by atoms with E-state index in [2.05, 4.69) is 0 Å². The van der Waals surface area contributed by atoms with E-state index in [0.29, 0.717) is 25.2 Å². The molecule has 0 bridgehead atoms. The highest BCUT2D eigenvalue weighted by Crippen LogP contribution is 2.37. The second-order valence-electron chi connectivity index (χ2n) is 4.17. The van der Waals surface area contributed by atoms with Crippen molar-refractivity contribution >= 4 is 11.3 Å². The number of nitro benzene ring substituents is 1. The Morgan fingerprint density at radius 1 is 1.45 bits per heavy atom. The Kier molecular flexibility index (Phi) is 4.62. The van der Waals surface area contributed by atoms with Crippen molar-refractivity contribution in [1.29, 1.82) is 0 Å². The topological polar surface area (TPSA) is 61.6 Å². The van der Waals surface area contributed by atoms with E-state index in [9.17, 15) is 18.9 Å². The highest BCUT2D eigenvalue weighted by Gasteiger charge is 2.23. The van der Waals surface area contributed by atoms with Crippen LogP contribution in [0.25, 0.3) is 5.57 Å². The number of halogens is 2. The predicted octanol–water partition coefficient (Wildman–Crippen LogP) is 3.04. The molecule has 0 unspecified atom stereocenters. The summed E-state index contributed by atoms with van der Waals surface area (Å²) in [6.07, 6.45) is -0.351. The largest absolute Gasteiger partial charge is 0.480 e. The summed E-state index contributed by atoms with van der Waals surface area (Å²) >= 11 is 0. The first-order chi connectivity index (χ1) is 9.59. The molecule has 0 saturated heterocycles. The predicted molar refractivity (Wildman–Crippen MR) is 68.0 cm³/mol. The van der Waals surface area contributed by atoms with Crippen LogP contribution in [-0.4, -0.2) is 31.2 Å². The fraction of sp³-hybridized carbons (Fsp3) is 0.385. The number of nitro groups is 1. The van der Waals surface area contributed by atoms with E-state index in [4.69, 9.17) is 9.47 Å². The van der Waals surface area contributed by atoms with Crippen LogP contribution in [0.1, 0.15) is 12.0 Å². The zero-order chi connectivity index (χ0) is 14.5. The summed E-state index contributed by atoms with van der Waals surface area (Å²) in [6.45, 7) is 0.0107. The van der Waals surface area contributed by atoms with Gasteiger partial charge in [0, 0.05) is 11.6 Å². The quantitative estimate of drug-likeness (QED) is 0.616. The fourth-order valence-corrected chi connectivity index (χ4v) is 1.99. The SMILES string of the molecule is O=[N+]([O-])c1cccc(C2=CCOCC2)c1OCC(F)F. The summed E-state index contributed by atoms with van der Waals surface area (Å²) in [5.74, 6) is -0.106. The maximum atomic E-state index is 12.3. The van der Waals surface area contributed by atoms with E-state index in [0.717, 1.165) is 5.57 Å². The summed E-state index contributed by atoms with van der Waals surface area (Å²) in [7, 11) is 0. The van der Waals surface area contributed by atoms with Crippen molar-refractivity contribution in [3.05, 3.63) is 40.0 Å². The first-order valence-electron chi connectivity index (χ1n) is 6.05. The van der Waals surface area contributed by atoms with E-state index in [1.165, 1.54) is 12.1 Å². The summed E-state index contributed by atoms with van der Waals surface area (Å²) < 4.78 is 34.7. The van der Waals surface area contributed by atoms with Gasteiger partial charge in [-0.15, -0.1) is 0 Å². The van der Waals surface area contributed by atoms with Gasteiger partial charge in [-0.25, -0.2) is 8.78 Å². The Morgan fingerprint density at radius 3 is 2.85 bits per heavy atom. The van der Waals surface area contributed by atoms with Crippen molar-refractivity contribution in [2.75, 3.05) is 19.8 Å². The first kappa shape index (κ1) is 14.4. The zero-order valence-corrected chi connectivity index (χ0v) is 10.6. The minimum Gasteiger partial charge on any atom is -0.480 e. The normalized spacial score (nSPS) is 15.1. The van der Waals surface area contributed by atoms with Gasteiger partial charge >= 0.3 is 5.69 Å². The standard InChI is InChI=1S/C13H13F2NO4/c14-12(15)8-20-13-10(9-4-6-19-7-5-9)2-1-3-11(13)16(17)18/h1-4,12H,5-8H2. The fourth-order valence-electron chi connectivity index (χ4n) is 1.99. The Labute approximate surface area is 114 Å². The van der Waals surface area contributed by atoms with Gasteiger partial charge in [0.1, 0.15) is 6.61 Å². The van der Waals surface area contributed by atoms with E-state index < -0.39 is 18.0 Å². The number of ether oxygens (including phenoxy) is 2. The average Bonchev–Trinajstić information content (AvgIpc) is 2.45. The smallest absolute Gasteiger partial charge is 0.311 e. The number of hydrogen-bond donors (Lipinski definition) is 0. The molecule has 108 valence electrons. The van der Waals surface area contributed by atoms with Crippen molar-refractivity contribution in [2.24, 2.45) is 0 Å². The third-order valence-electron chi connectivity index (χ3n) is 2.85. The van der Waals surface area contributed by atoms with Crippen LogP contribution in [0.2, 0.25) is 0 Å². The van der Waals surface area contributed by atoms with Crippen LogP contribution < -0.4 is 4.74 Å². The summed E-state index contributed by atoms with van der Waals surface area (Å²) in [6, 6.07) is 4.38. The second kappa shape index (κ2) is 6.42. The lowest BCUT2D eigenvalue weighted by Crippen LogP contribution is -2.11. The van der Waals surface area contributed by atoms with Crippen LogP contribution in [0.15, 0.2) is 24.3 Å². The zero-order valence-electron chi connectivity index (χ0n) is 10.6. The monoisotopic (exact) mass is 285 g/mol. The molecule has 1 aliphatic rings. The highest BCUT2D eigenvalue weighted by atomic mass is 19.3. The maximum absolute atomic E-state index is 12.3. The van der Waals surface area contributed by atoms with E-state index in [1.54, 1.807) is 12.1 Å². The molecule has 5 nitrogen and oxygen atoms in total. The molecule has 1 aromatic rings. The van der Waals surface area contributed by atoms with Crippen LogP contribution >= 0.6 is 0 Å². The van der Waals surface area contributed by atoms with Crippen molar-refractivity contribution in [3.8, 4) is 5.75 Å². The molecule has 0 N–H and O–H groups in total. The molecule has 0 spiro atoms. The Bertz CT molecular complexity index is 531. The molecule has 0 radical (unpaired) electrons. The third kappa shape index (κ3) is 3.30. The van der Waals surface area contributed by atoms with Gasteiger partial charge in [-0.2, -0.15) is 0 Å². The number of para-hydroxylation sites is 1. The van der Waals surface area contributed by atoms with Crippen LogP contribution in [-0.2, 0) is 4.74 Å². The van der Waals surface area contributed by atoms with Gasteiger partial charge < -0.3 is 9.47 Å². The molecule has 2 rings (SSSR count). The van der Waals surface area contributed by atoms with Crippen LogP contribution in [0, 0.1) is 10.1 Å². The minimum absolute atomic E-state index is 0.106. The van der Waals surface area contributed by atoms with Gasteiger partial charge in [0.25, 0.3) is 6.43 Å². The summed E-state index contributed by atoms with van der Waals surface area (Å²) in [5, 5.41) is 11.0. The molecule has 0 saturated carbocycles. The van der Waals surface area contributed by atoms with Crippen molar-refractivity contribution in [3.63, 3.8) is 0 Å². The van der Waals surface area contributed by atoms with Crippen molar-refractivity contribution < 1.29 is 23.2 Å². The van der Waals surface area contributed by atoms with Gasteiger partial charge in [0.2, 0.25) is 5.75 Å². The number of benzene rings is 1. The molecular weight excluding hydrogens is 272 g/mol. The molecule has 0 fully saturated rings. The highest BCUT2D eigenvalue weighted by molar-refractivity contribution is 5.75. The molecule has 0 amide bonds. The number of alkyl halides is 2. The maximum Gasteiger partial charge on any atom is 0.311 e. The lowest BCUT2D eigenvalue weighted by Gasteiger charge is -2.17. The molecular formula is C13H13F2NO4. The summed E-state index contributed by atoms with van der Waals surface area (Å²) in [5.41, 5.74) is 0.975. The van der Waals surface area contributed by atoms with Gasteiger partial charge in [-0.3, -0.25) is 10.1 Å². The lowest BCUT2D eigenvalue weighted by atomic mass is 10.00. The molecule has 1 aromatic carbocycles. The lowest BCUT2D eigenvalue weighted by molar-refractivity contribution is -0.386. The number of rotatable bonds is 5. The second-order valence-corrected chi connectivity index (χ2v) is 4.17. The van der Waals surface area contributed by atoms with E-state index in [-0.39, 0.29) is 11.4 Å². The van der Waals surface area contributed by atoms with E-state index >= 15 is 0 Å². The molecule has 0 aliphatic carbocycles. The minimum atomic E-state index is -2.69. The Hall–Kier alpha value is -2.02. The van der Waals surface area contributed by atoms with Crippen LogP contribution in [0.4, 0.5) is 14.5 Å². The van der Waals surface area contributed by atoms with E-state index in [1.807, 2.05) is 0 Å². The van der Waals surface area contributed by atoms with Gasteiger partial charge in [0.05, 0.1) is 18.1 Å². The molecule has 7 heteroatoms. The molecule has 20 heavy (non-hydrogen) atoms. The van der Waals surface area contributed by atoms with Crippen LogP contribution in [0.3, 0.4) is 0 Å². The van der Waals surface area contributed by atoms with Crippen LogP contribution in [0.5, 0.6) is 5.75 Å². The third-order valence-corrected chi connectivity index (χ3v) is 2.85. The molecule has 0 aromatic heterocycles. The van der Waals surface area contributed by atoms with Gasteiger partial charge in [-0.1, -0.05) is 18.2 Å². The molecule has 1 aliphatic heterocycles. The summed E-state index contributed by atoms with van der Waals surface area (Å²) in [4.78, 5) is 10.4. The Balaban J connectivity index is 2.41.